The Morgan fingerprint density at radius 3 is 2.36 bits per heavy atom. The molecular formula is C19H22N2O6S. The van der Waals surface area contributed by atoms with E-state index in [1.54, 1.807) is 36.4 Å². The molecule has 0 unspecified atom stereocenters. The van der Waals surface area contributed by atoms with Crippen LogP contribution in [0.15, 0.2) is 53.4 Å². The molecule has 2 aromatic rings. The Hall–Kier alpha value is -2.91. The van der Waals surface area contributed by atoms with Gasteiger partial charge in [0, 0.05) is 0 Å². The molecule has 8 nitrogen and oxygen atoms in total. The highest BCUT2D eigenvalue weighted by atomic mass is 32.2. The maximum atomic E-state index is 12.2. The van der Waals surface area contributed by atoms with E-state index in [0.29, 0.717) is 11.4 Å². The molecule has 0 radical (unpaired) electrons. The molecule has 9 heteroatoms. The lowest BCUT2D eigenvalue weighted by Gasteiger charge is -2.15. The summed E-state index contributed by atoms with van der Waals surface area (Å²) in [5.74, 6) is -0.988. The van der Waals surface area contributed by atoms with Crippen LogP contribution in [0.4, 0.5) is 5.69 Å². The summed E-state index contributed by atoms with van der Waals surface area (Å²) in [6.45, 7) is 2.62. The van der Waals surface area contributed by atoms with Crippen molar-refractivity contribution in [1.29, 1.82) is 0 Å². The van der Waals surface area contributed by atoms with Crippen LogP contribution in [-0.2, 0) is 24.3 Å². The van der Waals surface area contributed by atoms with E-state index in [1.165, 1.54) is 26.2 Å². The Labute approximate surface area is 163 Å². The van der Waals surface area contributed by atoms with E-state index in [1.807, 2.05) is 6.92 Å². The van der Waals surface area contributed by atoms with Crippen molar-refractivity contribution in [3.63, 3.8) is 0 Å². The van der Waals surface area contributed by atoms with Gasteiger partial charge in [-0.25, -0.2) is 8.42 Å². The van der Waals surface area contributed by atoms with Crippen LogP contribution in [0.25, 0.3) is 0 Å². The molecule has 1 amide bonds. The molecule has 2 rings (SSSR count). The number of hydrogen-bond donors (Lipinski definition) is 2. The van der Waals surface area contributed by atoms with Crippen LogP contribution in [0.2, 0.25) is 0 Å². The predicted molar refractivity (Wildman–Crippen MR) is 104 cm³/mol. The van der Waals surface area contributed by atoms with Gasteiger partial charge in [-0.2, -0.15) is 4.72 Å². The summed E-state index contributed by atoms with van der Waals surface area (Å²) in [6, 6.07) is 13.0. The fourth-order valence-corrected chi connectivity index (χ4v) is 3.20. The van der Waals surface area contributed by atoms with Crippen LogP contribution < -0.4 is 14.8 Å². The Morgan fingerprint density at radius 2 is 1.71 bits per heavy atom. The van der Waals surface area contributed by atoms with E-state index in [2.05, 4.69) is 10.0 Å². The zero-order valence-corrected chi connectivity index (χ0v) is 16.6. The van der Waals surface area contributed by atoms with Crippen LogP contribution in [0, 0.1) is 6.92 Å². The van der Waals surface area contributed by atoms with Gasteiger partial charge in [0.25, 0.3) is 5.91 Å². The quantitative estimate of drug-likeness (QED) is 0.648. The summed E-state index contributed by atoms with van der Waals surface area (Å²) < 4.78 is 36.6. The lowest BCUT2D eigenvalue weighted by molar-refractivity contribution is -0.151. The zero-order chi connectivity index (χ0) is 20.7. The minimum Gasteiger partial charge on any atom is -0.495 e. The van der Waals surface area contributed by atoms with Gasteiger partial charge in [-0.15, -0.1) is 0 Å². The third kappa shape index (κ3) is 5.80. The van der Waals surface area contributed by atoms with Crippen molar-refractivity contribution in [3.05, 3.63) is 54.1 Å². The van der Waals surface area contributed by atoms with Crippen molar-refractivity contribution in [1.82, 2.24) is 4.72 Å². The summed E-state index contributed by atoms with van der Waals surface area (Å²) in [6.07, 6.45) is -1.12. The van der Waals surface area contributed by atoms with Gasteiger partial charge < -0.3 is 14.8 Å². The number of ether oxygens (including phenoxy) is 2. The smallest absolute Gasteiger partial charge is 0.321 e. The van der Waals surface area contributed by atoms with Crippen LogP contribution in [0.3, 0.4) is 0 Å². The molecule has 0 bridgehead atoms. The molecule has 0 saturated carbocycles. The van der Waals surface area contributed by atoms with Crippen molar-refractivity contribution >= 4 is 27.6 Å². The number of nitrogens with one attached hydrogen (secondary N) is 2. The number of esters is 1. The monoisotopic (exact) mass is 406 g/mol. The van der Waals surface area contributed by atoms with Gasteiger partial charge in [-0.05, 0) is 38.1 Å². The fraction of sp³-hybridized carbons (Fsp3) is 0.263. The van der Waals surface area contributed by atoms with E-state index in [9.17, 15) is 18.0 Å². The van der Waals surface area contributed by atoms with Crippen molar-refractivity contribution < 1.29 is 27.5 Å². The molecule has 0 saturated heterocycles. The molecule has 2 aromatic carbocycles. The predicted octanol–water partition coefficient (Wildman–Crippen LogP) is 1.85. The SMILES string of the molecule is COc1ccccc1NC(=O)[C@H](C)OC(=O)CNS(=O)(=O)c1ccc(C)cc1. The fourth-order valence-electron chi connectivity index (χ4n) is 2.23. The molecule has 0 aliphatic heterocycles. The normalized spacial score (nSPS) is 12.1. The Morgan fingerprint density at radius 1 is 1.07 bits per heavy atom. The van der Waals surface area contributed by atoms with Gasteiger partial charge >= 0.3 is 5.97 Å². The number of carbonyl (C=O) groups is 2. The van der Waals surface area contributed by atoms with E-state index in [-0.39, 0.29) is 4.90 Å². The number of para-hydroxylation sites is 2. The molecule has 0 fully saturated rings. The second-order valence-electron chi connectivity index (χ2n) is 5.96. The summed E-state index contributed by atoms with van der Waals surface area (Å²) in [5, 5.41) is 2.59. The molecule has 28 heavy (non-hydrogen) atoms. The van der Waals surface area contributed by atoms with Crippen molar-refractivity contribution in [3.8, 4) is 5.75 Å². The first-order valence-electron chi connectivity index (χ1n) is 8.42. The number of benzene rings is 2. The first kappa shape index (κ1) is 21.4. The Bertz CT molecular complexity index is 941. The molecule has 0 spiro atoms. The number of methoxy groups -OCH3 is 1. The molecule has 0 aliphatic rings. The first-order valence-corrected chi connectivity index (χ1v) is 9.91. The minimum atomic E-state index is -3.85. The number of carbonyl (C=O) groups excluding carboxylic acids is 2. The summed E-state index contributed by atoms with van der Waals surface area (Å²) in [5.41, 5.74) is 1.34. The second kappa shape index (κ2) is 9.34. The lowest BCUT2D eigenvalue weighted by atomic mass is 10.2. The number of amides is 1. The highest BCUT2D eigenvalue weighted by molar-refractivity contribution is 7.89. The molecule has 150 valence electrons. The average Bonchev–Trinajstić information content (AvgIpc) is 2.67. The van der Waals surface area contributed by atoms with Crippen molar-refractivity contribution in [2.24, 2.45) is 0 Å². The molecule has 2 N–H and O–H groups in total. The standard InChI is InChI=1S/C19H22N2O6S/c1-13-8-10-15(11-9-13)28(24,25)20-12-18(22)27-14(2)19(23)21-16-6-4-5-7-17(16)26-3/h4-11,14,20H,12H2,1-3H3,(H,21,23)/t14-/m0/s1. The summed E-state index contributed by atoms with van der Waals surface area (Å²) >= 11 is 0. The van der Waals surface area contributed by atoms with Gasteiger partial charge in [0.2, 0.25) is 10.0 Å². The van der Waals surface area contributed by atoms with E-state index in [4.69, 9.17) is 9.47 Å². The van der Waals surface area contributed by atoms with Crippen LogP contribution in [0.5, 0.6) is 5.75 Å². The maximum absolute atomic E-state index is 12.2. The van der Waals surface area contributed by atoms with Crippen LogP contribution in [-0.4, -0.2) is 40.1 Å². The van der Waals surface area contributed by atoms with Gasteiger partial charge in [0.15, 0.2) is 6.10 Å². The number of sulfonamides is 1. The zero-order valence-electron chi connectivity index (χ0n) is 15.8. The summed E-state index contributed by atoms with van der Waals surface area (Å²) in [7, 11) is -2.39. The van der Waals surface area contributed by atoms with Crippen LogP contribution >= 0.6 is 0 Å². The second-order valence-corrected chi connectivity index (χ2v) is 7.73. The van der Waals surface area contributed by atoms with E-state index >= 15 is 0 Å². The minimum absolute atomic E-state index is 0.0351. The van der Waals surface area contributed by atoms with E-state index in [0.717, 1.165) is 5.56 Å². The molecule has 0 aliphatic carbocycles. The number of anilines is 1. The third-order valence-electron chi connectivity index (χ3n) is 3.78. The molecule has 0 heterocycles. The van der Waals surface area contributed by atoms with Crippen LogP contribution in [0.1, 0.15) is 12.5 Å². The topological polar surface area (TPSA) is 111 Å². The molecular weight excluding hydrogens is 384 g/mol. The molecule has 0 aromatic heterocycles. The number of aryl methyl sites for hydroxylation is 1. The van der Waals surface area contributed by atoms with Crippen molar-refractivity contribution in [2.75, 3.05) is 19.0 Å². The number of hydrogen-bond acceptors (Lipinski definition) is 6. The van der Waals surface area contributed by atoms with E-state index < -0.39 is 34.5 Å². The van der Waals surface area contributed by atoms with Gasteiger partial charge in [0.1, 0.15) is 12.3 Å². The van der Waals surface area contributed by atoms with Gasteiger partial charge in [-0.3, -0.25) is 9.59 Å². The van der Waals surface area contributed by atoms with Gasteiger partial charge in [0.05, 0.1) is 17.7 Å². The largest absolute Gasteiger partial charge is 0.495 e. The number of rotatable bonds is 8. The first-order chi connectivity index (χ1) is 13.2. The van der Waals surface area contributed by atoms with Crippen molar-refractivity contribution in [2.45, 2.75) is 24.8 Å². The highest BCUT2D eigenvalue weighted by Crippen LogP contribution is 2.23. The van der Waals surface area contributed by atoms with Gasteiger partial charge in [-0.1, -0.05) is 29.8 Å². The lowest BCUT2D eigenvalue weighted by Crippen LogP contribution is -2.35. The highest BCUT2D eigenvalue weighted by Gasteiger charge is 2.21. The Kier molecular flexibility index (Phi) is 7.13. The third-order valence-corrected chi connectivity index (χ3v) is 5.20. The Balaban J connectivity index is 1.89. The average molecular weight is 406 g/mol. The summed E-state index contributed by atoms with van der Waals surface area (Å²) in [4.78, 5) is 24.1. The molecule has 1 atom stereocenters. The maximum Gasteiger partial charge on any atom is 0.321 e.